The van der Waals surface area contributed by atoms with E-state index < -0.39 is 0 Å². The van der Waals surface area contributed by atoms with Gasteiger partial charge in [0, 0.05) is 49.5 Å². The molecule has 12 rings (SSSR count). The Morgan fingerprint density at radius 2 is 0.864 bits per heavy atom. The highest BCUT2D eigenvalue weighted by Crippen LogP contribution is 2.36. The van der Waals surface area contributed by atoms with Gasteiger partial charge < -0.3 is 4.57 Å². The van der Waals surface area contributed by atoms with Crippen molar-refractivity contribution in [3.8, 4) is 57.2 Å². The second-order valence-corrected chi connectivity index (χ2v) is 14.4. The van der Waals surface area contributed by atoms with Crippen molar-refractivity contribution in [2.24, 2.45) is 0 Å². The first-order valence-corrected chi connectivity index (χ1v) is 19.3. The van der Waals surface area contributed by atoms with Crippen LogP contribution in [0, 0.1) is 0 Å². The molecule has 0 aliphatic rings. The van der Waals surface area contributed by atoms with Crippen molar-refractivity contribution in [2.75, 3.05) is 0 Å². The Labute approximate surface area is 336 Å². The standard InChI is InChI=1S/C49H30N10/c1-3-13-31(14-4-1)44-52-45(32-15-5-2-6-16-32)54-49(53-44)58-42-22-12-9-19-38(42)39-29-34(25-28-43(39)58)47-50-30-51-48-55-46(56-59(47)48)33-23-26-35(27-24-33)57-40-20-10-7-17-36(40)37-18-8-11-21-41(37)57/h1-30H. The fraction of sp³-hybridized carbons (Fsp3) is 0. The molecule has 0 aliphatic carbocycles. The summed E-state index contributed by atoms with van der Waals surface area (Å²) < 4.78 is 6.13. The molecule has 0 unspecified atom stereocenters. The van der Waals surface area contributed by atoms with Gasteiger partial charge in [-0.1, -0.05) is 115 Å². The topological polar surface area (TPSA) is 104 Å². The minimum Gasteiger partial charge on any atom is -0.309 e. The molecule has 0 radical (unpaired) electrons. The quantitative estimate of drug-likeness (QED) is 0.166. The van der Waals surface area contributed by atoms with Crippen molar-refractivity contribution in [1.82, 2.24) is 48.7 Å². The number of hydrogen-bond acceptors (Lipinski definition) is 7. The first-order chi connectivity index (χ1) is 29.2. The van der Waals surface area contributed by atoms with Crippen molar-refractivity contribution < 1.29 is 0 Å². The average molecular weight is 759 g/mol. The zero-order chi connectivity index (χ0) is 38.9. The molecule has 7 aromatic carbocycles. The summed E-state index contributed by atoms with van der Waals surface area (Å²) in [6.45, 7) is 0. The maximum absolute atomic E-state index is 5.07. The average Bonchev–Trinajstić information content (AvgIpc) is 4.00. The molecule has 0 aliphatic heterocycles. The Morgan fingerprint density at radius 1 is 0.356 bits per heavy atom. The molecule has 0 fully saturated rings. The molecule has 12 aromatic rings. The monoisotopic (exact) mass is 758 g/mol. The number of nitrogens with zero attached hydrogens (tertiary/aromatic N) is 10. The highest BCUT2D eigenvalue weighted by atomic mass is 15.4. The van der Waals surface area contributed by atoms with Gasteiger partial charge in [-0.05, 0) is 60.7 Å². The molecule has 276 valence electrons. The molecule has 0 saturated carbocycles. The first kappa shape index (κ1) is 32.8. The third kappa shape index (κ3) is 5.31. The number of aromatic nitrogens is 10. The van der Waals surface area contributed by atoms with Gasteiger partial charge in [-0.3, -0.25) is 4.57 Å². The lowest BCUT2D eigenvalue weighted by Gasteiger charge is -2.11. The van der Waals surface area contributed by atoms with Gasteiger partial charge in [-0.25, -0.2) is 9.97 Å². The zero-order valence-corrected chi connectivity index (χ0v) is 31.3. The molecule has 5 aromatic heterocycles. The summed E-state index contributed by atoms with van der Waals surface area (Å²) in [5.41, 5.74) is 8.89. The van der Waals surface area contributed by atoms with E-state index in [-0.39, 0.29) is 0 Å². The molecule has 59 heavy (non-hydrogen) atoms. The van der Waals surface area contributed by atoms with E-state index in [1.807, 2.05) is 66.7 Å². The largest absolute Gasteiger partial charge is 0.309 e. The summed E-state index contributed by atoms with van der Waals surface area (Å²) >= 11 is 0. The molecular formula is C49H30N10. The lowest BCUT2D eigenvalue weighted by atomic mass is 10.1. The van der Waals surface area contributed by atoms with Gasteiger partial charge >= 0.3 is 0 Å². The minimum atomic E-state index is 0.464. The molecule has 0 amide bonds. The molecule has 10 heteroatoms. The van der Waals surface area contributed by atoms with Crippen LogP contribution >= 0.6 is 0 Å². The Morgan fingerprint density at radius 3 is 1.49 bits per heavy atom. The van der Waals surface area contributed by atoms with Gasteiger partial charge in [-0.2, -0.15) is 24.5 Å². The van der Waals surface area contributed by atoms with E-state index in [2.05, 4.69) is 123 Å². The van der Waals surface area contributed by atoms with E-state index in [4.69, 9.17) is 30.0 Å². The fourth-order valence-electron chi connectivity index (χ4n) is 8.22. The molecule has 0 N–H and O–H groups in total. The van der Waals surface area contributed by atoms with Gasteiger partial charge in [0.05, 0.1) is 22.1 Å². The summed E-state index contributed by atoms with van der Waals surface area (Å²) in [6, 6.07) is 60.1. The number of hydrogen-bond donors (Lipinski definition) is 0. The Hall–Kier alpha value is -8.37. The molecule has 5 heterocycles. The normalized spacial score (nSPS) is 11.7. The smallest absolute Gasteiger partial charge is 0.256 e. The summed E-state index contributed by atoms with van der Waals surface area (Å²) in [5, 5.41) is 9.49. The van der Waals surface area contributed by atoms with Crippen LogP contribution < -0.4 is 0 Å². The fourth-order valence-corrected chi connectivity index (χ4v) is 8.22. The molecule has 0 spiro atoms. The van der Waals surface area contributed by atoms with Crippen molar-refractivity contribution in [3.05, 3.63) is 182 Å². The Bertz CT molecular complexity index is 3440. The Balaban J connectivity index is 0.962. The van der Waals surface area contributed by atoms with Crippen LogP contribution in [0.15, 0.2) is 182 Å². The van der Waals surface area contributed by atoms with Crippen LogP contribution in [-0.4, -0.2) is 48.7 Å². The zero-order valence-electron chi connectivity index (χ0n) is 31.3. The van der Waals surface area contributed by atoms with Crippen molar-refractivity contribution in [3.63, 3.8) is 0 Å². The van der Waals surface area contributed by atoms with E-state index in [0.717, 1.165) is 60.8 Å². The number of benzene rings is 7. The highest BCUT2D eigenvalue weighted by molar-refractivity contribution is 6.10. The number of rotatable bonds is 6. The third-order valence-electron chi connectivity index (χ3n) is 10.9. The Kier molecular flexibility index (Phi) is 7.29. The molecular weight excluding hydrogens is 729 g/mol. The van der Waals surface area contributed by atoms with Gasteiger partial charge in [0.15, 0.2) is 23.3 Å². The molecule has 0 bridgehead atoms. The van der Waals surface area contributed by atoms with Crippen LogP contribution in [0.2, 0.25) is 0 Å². The molecule has 0 atom stereocenters. The van der Waals surface area contributed by atoms with E-state index in [9.17, 15) is 0 Å². The predicted octanol–water partition coefficient (Wildman–Crippen LogP) is 10.6. The summed E-state index contributed by atoms with van der Waals surface area (Å²) in [4.78, 5) is 29.2. The second-order valence-electron chi connectivity index (χ2n) is 14.4. The molecule has 10 nitrogen and oxygen atoms in total. The van der Waals surface area contributed by atoms with Crippen molar-refractivity contribution in [2.45, 2.75) is 0 Å². The summed E-state index contributed by atoms with van der Waals surface area (Å²) in [5.74, 6) is 3.40. The predicted molar refractivity (Wildman–Crippen MR) is 232 cm³/mol. The van der Waals surface area contributed by atoms with Crippen LogP contribution in [0.4, 0.5) is 0 Å². The van der Waals surface area contributed by atoms with Crippen molar-refractivity contribution in [1.29, 1.82) is 0 Å². The van der Waals surface area contributed by atoms with Crippen molar-refractivity contribution >= 4 is 49.4 Å². The maximum atomic E-state index is 5.07. The van der Waals surface area contributed by atoms with Crippen LogP contribution in [0.1, 0.15) is 0 Å². The number of para-hydroxylation sites is 3. The van der Waals surface area contributed by atoms with Gasteiger partial charge in [0.2, 0.25) is 5.95 Å². The SMILES string of the molecule is c1ccc(-c2nc(-c3ccccc3)nc(-n3c4ccccc4c4cc(-c5ncnc6nc(-c7ccc(-n8c9ccccc9c9ccccc98)cc7)nn56)ccc43)n2)cc1. The molecule has 0 saturated heterocycles. The maximum Gasteiger partial charge on any atom is 0.256 e. The van der Waals surface area contributed by atoms with Crippen LogP contribution in [0.25, 0.3) is 107 Å². The van der Waals surface area contributed by atoms with Gasteiger partial charge in [-0.15, -0.1) is 5.10 Å². The third-order valence-corrected chi connectivity index (χ3v) is 10.9. The van der Waals surface area contributed by atoms with E-state index in [1.54, 1.807) is 10.8 Å². The van der Waals surface area contributed by atoms with E-state index >= 15 is 0 Å². The van der Waals surface area contributed by atoms with Crippen LogP contribution in [-0.2, 0) is 0 Å². The second kappa shape index (κ2) is 13.1. The van der Waals surface area contributed by atoms with Crippen LogP contribution in [0.5, 0.6) is 0 Å². The number of fused-ring (bicyclic) bond motifs is 7. The van der Waals surface area contributed by atoms with Gasteiger partial charge in [0.1, 0.15) is 6.33 Å². The summed E-state index contributed by atoms with van der Waals surface area (Å²) in [6.07, 6.45) is 1.54. The lowest BCUT2D eigenvalue weighted by Crippen LogP contribution is -2.06. The summed E-state index contributed by atoms with van der Waals surface area (Å²) in [7, 11) is 0. The van der Waals surface area contributed by atoms with E-state index in [0.29, 0.717) is 35.0 Å². The van der Waals surface area contributed by atoms with Gasteiger partial charge in [0.25, 0.3) is 5.78 Å². The first-order valence-electron chi connectivity index (χ1n) is 19.3. The minimum absolute atomic E-state index is 0.464. The van der Waals surface area contributed by atoms with E-state index in [1.165, 1.54) is 10.8 Å². The highest BCUT2D eigenvalue weighted by Gasteiger charge is 2.20. The van der Waals surface area contributed by atoms with Crippen LogP contribution in [0.3, 0.4) is 0 Å². The lowest BCUT2D eigenvalue weighted by molar-refractivity contribution is 0.905.